The van der Waals surface area contributed by atoms with E-state index in [1.807, 2.05) is 6.07 Å². The van der Waals surface area contributed by atoms with Crippen LogP contribution in [0.4, 0.5) is 16.2 Å². The molecule has 0 fully saturated rings. The van der Waals surface area contributed by atoms with Gasteiger partial charge in [-0.05, 0) is 30.3 Å². The van der Waals surface area contributed by atoms with Crippen LogP contribution >= 0.6 is 0 Å². The van der Waals surface area contributed by atoms with Crippen molar-refractivity contribution in [2.75, 3.05) is 17.7 Å². The van der Waals surface area contributed by atoms with Gasteiger partial charge in [0.05, 0.1) is 24.4 Å². The van der Waals surface area contributed by atoms with Crippen LogP contribution in [0.25, 0.3) is 0 Å². The van der Waals surface area contributed by atoms with Crippen LogP contribution in [-0.2, 0) is 0 Å². The number of methoxy groups -OCH3 is 1. The molecule has 0 saturated carbocycles. The van der Waals surface area contributed by atoms with E-state index in [0.717, 1.165) is 0 Å². The van der Waals surface area contributed by atoms with Gasteiger partial charge < -0.3 is 20.5 Å². The molecule has 106 valence electrons. The fraction of sp³-hybridized carbons (Fsp3) is 0.0667. The maximum absolute atomic E-state index is 11.8. The number of urea groups is 1. The Morgan fingerprint density at radius 3 is 2.71 bits per heavy atom. The lowest BCUT2D eigenvalue weighted by molar-refractivity contribution is 0.262. The molecule has 6 nitrogen and oxygen atoms in total. The molecule has 21 heavy (non-hydrogen) atoms. The van der Waals surface area contributed by atoms with Gasteiger partial charge in [-0.3, -0.25) is 0 Å². The molecule has 0 spiro atoms. The lowest BCUT2D eigenvalue weighted by Crippen LogP contribution is -2.19. The van der Waals surface area contributed by atoms with Crippen molar-refractivity contribution < 1.29 is 14.6 Å². The molecule has 2 amide bonds. The number of anilines is 2. The lowest BCUT2D eigenvalue weighted by Gasteiger charge is -2.10. The first-order valence-electron chi connectivity index (χ1n) is 6.07. The Kier molecular flexibility index (Phi) is 4.26. The number of phenols is 1. The van der Waals surface area contributed by atoms with E-state index < -0.39 is 6.03 Å². The molecular formula is C15H13N3O3. The highest BCUT2D eigenvalue weighted by Crippen LogP contribution is 2.27. The van der Waals surface area contributed by atoms with Crippen LogP contribution in [-0.4, -0.2) is 18.2 Å². The molecule has 2 aromatic rings. The summed E-state index contributed by atoms with van der Waals surface area (Å²) in [4.78, 5) is 11.8. The fourth-order valence-corrected chi connectivity index (χ4v) is 1.70. The summed E-state index contributed by atoms with van der Waals surface area (Å²) < 4.78 is 4.96. The van der Waals surface area contributed by atoms with Gasteiger partial charge in [-0.1, -0.05) is 6.07 Å². The third-order valence-corrected chi connectivity index (χ3v) is 2.70. The molecule has 0 heterocycles. The van der Waals surface area contributed by atoms with Crippen molar-refractivity contribution >= 4 is 17.4 Å². The first kappa shape index (κ1) is 14.2. The summed E-state index contributed by atoms with van der Waals surface area (Å²) >= 11 is 0. The molecule has 6 heteroatoms. The second-order valence-corrected chi connectivity index (χ2v) is 4.15. The number of hydrogen-bond acceptors (Lipinski definition) is 4. The Labute approximate surface area is 121 Å². The van der Waals surface area contributed by atoms with E-state index in [4.69, 9.17) is 10.00 Å². The lowest BCUT2D eigenvalue weighted by atomic mass is 10.2. The van der Waals surface area contributed by atoms with Crippen molar-refractivity contribution in [2.24, 2.45) is 0 Å². The maximum atomic E-state index is 11.8. The van der Waals surface area contributed by atoms with Crippen LogP contribution in [0.1, 0.15) is 5.56 Å². The summed E-state index contributed by atoms with van der Waals surface area (Å²) in [5, 5.41) is 23.6. The number of nitrogens with zero attached hydrogens (tertiary/aromatic N) is 1. The average Bonchev–Trinajstić information content (AvgIpc) is 2.49. The maximum Gasteiger partial charge on any atom is 0.323 e. The molecule has 2 aromatic carbocycles. The van der Waals surface area contributed by atoms with Gasteiger partial charge in [0, 0.05) is 11.8 Å². The number of phenolic OH excluding ortho intramolecular Hbond substituents is 1. The van der Waals surface area contributed by atoms with Gasteiger partial charge in [0.2, 0.25) is 0 Å². The monoisotopic (exact) mass is 283 g/mol. The molecule has 0 unspecified atom stereocenters. The number of nitriles is 1. The van der Waals surface area contributed by atoms with E-state index in [2.05, 4.69) is 10.6 Å². The van der Waals surface area contributed by atoms with Gasteiger partial charge in [-0.15, -0.1) is 0 Å². The van der Waals surface area contributed by atoms with Crippen LogP contribution in [0, 0.1) is 11.3 Å². The minimum absolute atomic E-state index is 0.102. The number of amides is 2. The Morgan fingerprint density at radius 2 is 2.05 bits per heavy atom. The van der Waals surface area contributed by atoms with Crippen molar-refractivity contribution in [1.82, 2.24) is 0 Å². The summed E-state index contributed by atoms with van der Waals surface area (Å²) in [6.45, 7) is 0. The van der Waals surface area contributed by atoms with Crippen molar-refractivity contribution in [1.29, 1.82) is 5.26 Å². The average molecular weight is 283 g/mol. The van der Waals surface area contributed by atoms with Gasteiger partial charge >= 0.3 is 6.03 Å². The number of aromatic hydroxyl groups is 1. The van der Waals surface area contributed by atoms with Crippen LogP contribution in [0.5, 0.6) is 11.5 Å². The molecule has 0 saturated heterocycles. The Morgan fingerprint density at radius 1 is 1.24 bits per heavy atom. The summed E-state index contributed by atoms with van der Waals surface area (Å²) in [7, 11) is 1.48. The van der Waals surface area contributed by atoms with Crippen LogP contribution in [0.2, 0.25) is 0 Å². The van der Waals surface area contributed by atoms with E-state index in [1.54, 1.807) is 30.3 Å². The number of ether oxygens (including phenoxy) is 1. The van der Waals surface area contributed by atoms with E-state index in [0.29, 0.717) is 17.0 Å². The molecule has 0 aliphatic carbocycles. The predicted molar refractivity (Wildman–Crippen MR) is 78.5 cm³/mol. The van der Waals surface area contributed by atoms with Gasteiger partial charge in [0.15, 0.2) is 0 Å². The SMILES string of the molecule is COc1ccc(NC(=O)Nc2cccc(C#N)c2)c(O)c1. The normalized spacial score (nSPS) is 9.52. The predicted octanol–water partition coefficient (Wildman–Crippen LogP) is 2.92. The van der Waals surface area contributed by atoms with Crippen molar-refractivity contribution in [3.63, 3.8) is 0 Å². The van der Waals surface area contributed by atoms with Gasteiger partial charge in [0.1, 0.15) is 11.5 Å². The van der Waals surface area contributed by atoms with Gasteiger partial charge in [-0.2, -0.15) is 5.26 Å². The Balaban J connectivity index is 2.06. The number of benzene rings is 2. The van der Waals surface area contributed by atoms with Crippen LogP contribution in [0.3, 0.4) is 0 Å². The fourth-order valence-electron chi connectivity index (χ4n) is 1.70. The summed E-state index contributed by atoms with van der Waals surface area (Å²) in [6.07, 6.45) is 0. The number of nitrogens with one attached hydrogen (secondary N) is 2. The smallest absolute Gasteiger partial charge is 0.323 e. The van der Waals surface area contributed by atoms with Crippen LogP contribution in [0.15, 0.2) is 42.5 Å². The van der Waals surface area contributed by atoms with E-state index in [1.165, 1.54) is 19.2 Å². The molecule has 3 N–H and O–H groups in total. The van der Waals surface area contributed by atoms with E-state index in [-0.39, 0.29) is 11.4 Å². The first-order chi connectivity index (χ1) is 10.1. The highest BCUT2D eigenvalue weighted by molar-refractivity contribution is 6.00. The third-order valence-electron chi connectivity index (χ3n) is 2.70. The Hall–Kier alpha value is -3.20. The van der Waals surface area contributed by atoms with Crippen molar-refractivity contribution in [2.45, 2.75) is 0 Å². The summed E-state index contributed by atoms with van der Waals surface area (Å²) in [5.41, 5.74) is 1.18. The number of carbonyl (C=O) groups excluding carboxylic acids is 1. The van der Waals surface area contributed by atoms with Crippen molar-refractivity contribution in [3.05, 3.63) is 48.0 Å². The van der Waals surface area contributed by atoms with E-state index in [9.17, 15) is 9.90 Å². The largest absolute Gasteiger partial charge is 0.506 e. The van der Waals surface area contributed by atoms with Crippen molar-refractivity contribution in [3.8, 4) is 17.6 Å². The Bertz CT molecular complexity index is 708. The number of rotatable bonds is 3. The zero-order valence-corrected chi connectivity index (χ0v) is 11.3. The first-order valence-corrected chi connectivity index (χ1v) is 6.07. The molecule has 0 aliphatic rings. The number of hydrogen-bond donors (Lipinski definition) is 3. The zero-order chi connectivity index (χ0) is 15.2. The molecule has 2 rings (SSSR count). The summed E-state index contributed by atoms with van der Waals surface area (Å²) in [6, 6.07) is 12.5. The summed E-state index contributed by atoms with van der Waals surface area (Å²) in [5.74, 6) is 0.385. The topological polar surface area (TPSA) is 94.4 Å². The molecule has 0 atom stereocenters. The second-order valence-electron chi connectivity index (χ2n) is 4.15. The molecule has 0 aliphatic heterocycles. The van der Waals surface area contributed by atoms with Gasteiger partial charge in [-0.25, -0.2) is 4.79 Å². The molecule has 0 radical (unpaired) electrons. The van der Waals surface area contributed by atoms with Crippen LogP contribution < -0.4 is 15.4 Å². The third kappa shape index (κ3) is 3.64. The second kappa shape index (κ2) is 6.30. The van der Waals surface area contributed by atoms with Gasteiger partial charge in [0.25, 0.3) is 0 Å². The molecule has 0 bridgehead atoms. The molecule has 0 aromatic heterocycles. The highest BCUT2D eigenvalue weighted by atomic mass is 16.5. The minimum atomic E-state index is -0.523. The number of carbonyl (C=O) groups is 1. The molecular weight excluding hydrogens is 270 g/mol. The zero-order valence-electron chi connectivity index (χ0n) is 11.3. The minimum Gasteiger partial charge on any atom is -0.506 e. The quantitative estimate of drug-likeness (QED) is 0.755. The highest BCUT2D eigenvalue weighted by Gasteiger charge is 2.08. The standard InChI is InChI=1S/C15H13N3O3/c1-21-12-5-6-13(14(19)8-12)18-15(20)17-11-4-2-3-10(7-11)9-16/h2-8,19H,1H3,(H2,17,18,20). The van der Waals surface area contributed by atoms with E-state index >= 15 is 0 Å².